The smallest absolute Gasteiger partial charge is 0.0816 e. The molecule has 58 valence electrons. The first-order valence-corrected chi connectivity index (χ1v) is 4.77. The van der Waals surface area contributed by atoms with E-state index in [1.807, 2.05) is 11.9 Å². The van der Waals surface area contributed by atoms with Gasteiger partial charge in [0, 0.05) is 5.75 Å². The largest absolute Gasteiger partial charge is 0.420 e. The van der Waals surface area contributed by atoms with Gasteiger partial charge in [-0.25, -0.2) is 0 Å². The highest BCUT2D eigenvalue weighted by molar-refractivity contribution is 7.93. The van der Waals surface area contributed by atoms with E-state index < -0.39 is 0 Å². The number of rotatable bonds is 1. The zero-order valence-electron chi connectivity index (χ0n) is 6.21. The molecule has 10 heavy (non-hydrogen) atoms. The van der Waals surface area contributed by atoms with E-state index in [0.29, 0.717) is 0 Å². The van der Waals surface area contributed by atoms with Crippen LogP contribution < -0.4 is 4.52 Å². The van der Waals surface area contributed by atoms with Crippen molar-refractivity contribution < 1.29 is 4.52 Å². The summed E-state index contributed by atoms with van der Waals surface area (Å²) in [5.41, 5.74) is 4.40. The van der Waals surface area contributed by atoms with Crippen LogP contribution in [0.2, 0.25) is 0 Å². The third kappa shape index (κ3) is 1.16. The van der Waals surface area contributed by atoms with Crippen LogP contribution in [-0.4, -0.2) is 30.4 Å². The third-order valence-corrected chi connectivity index (χ3v) is 2.94. The van der Waals surface area contributed by atoms with E-state index in [-0.39, 0.29) is 0 Å². The lowest BCUT2D eigenvalue weighted by Crippen LogP contribution is -3.09. The van der Waals surface area contributed by atoms with Gasteiger partial charge in [-0.15, -0.1) is 0 Å². The first kappa shape index (κ1) is 6.91. The van der Waals surface area contributed by atoms with Crippen LogP contribution in [-0.2, 0) is 0 Å². The summed E-state index contributed by atoms with van der Waals surface area (Å²) in [6.45, 7) is 5.78. The molecule has 0 aromatic heterocycles. The summed E-state index contributed by atoms with van der Waals surface area (Å²) >= 11 is 1.90. The molecule has 0 aliphatic carbocycles. The zero-order chi connectivity index (χ0) is 6.97. The van der Waals surface area contributed by atoms with Gasteiger partial charge in [0.2, 0.25) is 0 Å². The zero-order valence-corrected chi connectivity index (χ0v) is 7.02. The van der Waals surface area contributed by atoms with Crippen molar-refractivity contribution in [3.05, 3.63) is 5.43 Å². The Kier molecular flexibility index (Phi) is 1.86. The van der Waals surface area contributed by atoms with Crippen molar-refractivity contribution >= 4 is 11.9 Å². The molecule has 2 saturated heterocycles. The minimum absolute atomic E-state index is 0.892. The van der Waals surface area contributed by atoms with Crippen molar-refractivity contribution in [3.63, 3.8) is 0 Å². The molecule has 0 spiro atoms. The first-order chi connectivity index (χ1) is 4.86. The molecule has 2 aliphatic heterocycles. The maximum atomic E-state index is 4.40. The third-order valence-electron chi connectivity index (χ3n) is 1.90. The molecule has 0 radical (unpaired) electrons. The lowest BCUT2D eigenvalue weighted by atomic mass is 10.1. The van der Waals surface area contributed by atoms with Crippen LogP contribution in [0.4, 0.5) is 0 Å². The van der Waals surface area contributed by atoms with E-state index >= 15 is 0 Å². The Hall–Kier alpha value is 0.230. The normalized spacial score (nSPS) is 36.3. The number of quaternary nitrogens is 1. The standard InChI is InChI=1S/C6H13N3S/c1-6-4-8(5-6)9-7-2-3-10-9/h6,9H,2-5H2,1H3. The van der Waals surface area contributed by atoms with E-state index in [4.69, 9.17) is 0 Å². The molecule has 0 saturated carbocycles. The molecule has 2 aliphatic rings. The van der Waals surface area contributed by atoms with Gasteiger partial charge in [-0.3, -0.25) is 4.52 Å². The molecule has 0 aromatic carbocycles. The van der Waals surface area contributed by atoms with Gasteiger partial charge in [-0.05, 0) is 5.92 Å². The second-order valence-corrected chi connectivity index (χ2v) is 4.08. The van der Waals surface area contributed by atoms with Gasteiger partial charge >= 0.3 is 0 Å². The minimum Gasteiger partial charge on any atom is -0.420 e. The van der Waals surface area contributed by atoms with E-state index in [1.165, 1.54) is 23.4 Å². The van der Waals surface area contributed by atoms with Gasteiger partial charge in [-0.1, -0.05) is 13.5 Å². The van der Waals surface area contributed by atoms with Gasteiger partial charge < -0.3 is 5.43 Å². The fourth-order valence-corrected chi connectivity index (χ4v) is 2.25. The maximum absolute atomic E-state index is 4.40. The lowest BCUT2D eigenvalue weighted by molar-refractivity contribution is -0.865. The van der Waals surface area contributed by atoms with Crippen LogP contribution >= 0.6 is 11.9 Å². The van der Waals surface area contributed by atoms with Crippen molar-refractivity contribution in [2.24, 2.45) is 5.92 Å². The van der Waals surface area contributed by atoms with Gasteiger partial charge in [-0.2, -0.15) is 5.01 Å². The molecule has 2 heterocycles. The molecular weight excluding hydrogens is 146 g/mol. The summed E-state index contributed by atoms with van der Waals surface area (Å²) in [5, 5.41) is 2.38. The van der Waals surface area contributed by atoms with Gasteiger partial charge in [0.05, 0.1) is 25.0 Å². The van der Waals surface area contributed by atoms with Crippen LogP contribution in [0.15, 0.2) is 0 Å². The van der Waals surface area contributed by atoms with Gasteiger partial charge in [0.25, 0.3) is 0 Å². The minimum atomic E-state index is 0.892. The topological polar surface area (TPSA) is 21.8 Å². The van der Waals surface area contributed by atoms with Crippen LogP contribution in [0, 0.1) is 5.92 Å². The van der Waals surface area contributed by atoms with Crippen LogP contribution in [0.3, 0.4) is 0 Å². The summed E-state index contributed by atoms with van der Waals surface area (Å²) < 4.78 is 1.29. The number of nitrogens with one attached hydrogen (secondary N) is 1. The Bertz CT molecular complexity index is 118. The summed E-state index contributed by atoms with van der Waals surface area (Å²) in [4.78, 5) is 0. The summed E-state index contributed by atoms with van der Waals surface area (Å²) in [5.74, 6) is 2.09. The monoisotopic (exact) mass is 159 g/mol. The fraction of sp³-hybridized carbons (Fsp3) is 1.00. The lowest BCUT2D eigenvalue weighted by Gasteiger charge is -2.42. The quantitative estimate of drug-likeness (QED) is 0.530. The second-order valence-electron chi connectivity index (χ2n) is 3.02. The predicted octanol–water partition coefficient (Wildman–Crippen LogP) is -0.312. The Morgan fingerprint density at radius 1 is 1.60 bits per heavy atom. The molecule has 0 bridgehead atoms. The van der Waals surface area contributed by atoms with Crippen molar-refractivity contribution in [2.45, 2.75) is 6.92 Å². The maximum Gasteiger partial charge on any atom is 0.0816 e. The Labute approximate surface area is 65.8 Å². The molecule has 3 nitrogen and oxygen atoms in total. The van der Waals surface area contributed by atoms with Crippen molar-refractivity contribution in [1.82, 2.24) is 5.01 Å². The van der Waals surface area contributed by atoms with Crippen molar-refractivity contribution in [1.29, 1.82) is 0 Å². The molecule has 4 heteroatoms. The van der Waals surface area contributed by atoms with Crippen LogP contribution in [0.1, 0.15) is 6.92 Å². The molecule has 0 aromatic rings. The molecule has 1 unspecified atom stereocenters. The van der Waals surface area contributed by atoms with Crippen LogP contribution in [0.5, 0.6) is 0 Å². The van der Waals surface area contributed by atoms with Crippen molar-refractivity contribution in [2.75, 3.05) is 25.4 Å². The Morgan fingerprint density at radius 3 is 2.90 bits per heavy atom. The fourth-order valence-electron chi connectivity index (χ4n) is 1.37. The molecule has 2 fully saturated rings. The molecule has 1 N–H and O–H groups in total. The molecule has 1 atom stereocenters. The number of hydrogen-bond donors (Lipinski definition) is 1. The van der Waals surface area contributed by atoms with E-state index in [0.717, 1.165) is 12.5 Å². The first-order valence-electron chi connectivity index (χ1n) is 3.78. The number of hydrogen-bond acceptors (Lipinski definition) is 2. The molecule has 0 amide bonds. The summed E-state index contributed by atoms with van der Waals surface area (Å²) in [7, 11) is 0. The predicted molar refractivity (Wildman–Crippen MR) is 42.4 cm³/mol. The highest BCUT2D eigenvalue weighted by atomic mass is 32.2. The van der Waals surface area contributed by atoms with Crippen molar-refractivity contribution in [3.8, 4) is 0 Å². The molecular formula is C6H13N3S. The average Bonchev–Trinajstić information content (AvgIpc) is 2.31. The Balaban J connectivity index is 1.78. The SMILES string of the molecule is CC1CN([NH+]2[N-]CCS2)C1. The van der Waals surface area contributed by atoms with Gasteiger partial charge in [0.15, 0.2) is 0 Å². The number of nitrogens with zero attached hydrogens (tertiary/aromatic N) is 2. The van der Waals surface area contributed by atoms with Gasteiger partial charge in [0.1, 0.15) is 0 Å². The van der Waals surface area contributed by atoms with E-state index in [1.54, 1.807) is 0 Å². The van der Waals surface area contributed by atoms with Crippen LogP contribution in [0.25, 0.3) is 5.43 Å². The molecule has 2 rings (SSSR count). The van der Waals surface area contributed by atoms with E-state index in [9.17, 15) is 0 Å². The average molecular weight is 159 g/mol. The second kappa shape index (κ2) is 2.70. The summed E-state index contributed by atoms with van der Waals surface area (Å²) in [6, 6.07) is 0. The summed E-state index contributed by atoms with van der Waals surface area (Å²) in [6.07, 6.45) is 0. The highest BCUT2D eigenvalue weighted by Crippen LogP contribution is 2.12. The Morgan fingerprint density at radius 2 is 2.40 bits per heavy atom. The highest BCUT2D eigenvalue weighted by Gasteiger charge is 2.30. The van der Waals surface area contributed by atoms with E-state index in [2.05, 4.69) is 17.4 Å².